The average Bonchev–Trinajstić information content (AvgIpc) is 2.53. The van der Waals surface area contributed by atoms with Crippen molar-refractivity contribution < 1.29 is 4.79 Å². The molecule has 0 bridgehead atoms. The molecule has 1 aromatic rings. The first-order valence-corrected chi connectivity index (χ1v) is 8.29. The van der Waals surface area contributed by atoms with E-state index in [1.807, 2.05) is 29.2 Å². The summed E-state index contributed by atoms with van der Waals surface area (Å²) in [4.78, 5) is 14.7. The van der Waals surface area contributed by atoms with Crippen molar-refractivity contribution in [2.45, 2.75) is 39.2 Å². The monoisotopic (exact) mass is 344 g/mol. The summed E-state index contributed by atoms with van der Waals surface area (Å²) in [6.45, 7) is 6.71. The summed E-state index contributed by atoms with van der Waals surface area (Å²) in [5.74, 6) is 0.745. The van der Waals surface area contributed by atoms with Gasteiger partial charge in [-0.15, -0.1) is 12.4 Å². The molecule has 1 aliphatic heterocycles. The maximum atomic E-state index is 12.7. The molecule has 3 nitrogen and oxygen atoms in total. The van der Waals surface area contributed by atoms with Crippen molar-refractivity contribution in [3.05, 3.63) is 34.9 Å². The summed E-state index contributed by atoms with van der Waals surface area (Å²) in [7, 11) is 0. The van der Waals surface area contributed by atoms with Crippen LogP contribution in [0.2, 0.25) is 5.02 Å². The molecule has 5 heteroatoms. The number of rotatable bonds is 5. The lowest BCUT2D eigenvalue weighted by molar-refractivity contribution is -0.135. The van der Waals surface area contributed by atoms with Crippen molar-refractivity contribution in [1.29, 1.82) is 0 Å². The molecular weight excluding hydrogens is 319 g/mol. The molecule has 0 saturated carbocycles. The van der Waals surface area contributed by atoms with E-state index in [1.165, 1.54) is 0 Å². The lowest BCUT2D eigenvalue weighted by atomic mass is 9.96. The van der Waals surface area contributed by atoms with Gasteiger partial charge in [0.2, 0.25) is 5.91 Å². The molecule has 1 N–H and O–H groups in total. The van der Waals surface area contributed by atoms with Crippen LogP contribution in [0.25, 0.3) is 0 Å². The second-order valence-electron chi connectivity index (χ2n) is 5.72. The van der Waals surface area contributed by atoms with Gasteiger partial charge in [-0.3, -0.25) is 4.79 Å². The van der Waals surface area contributed by atoms with E-state index in [0.717, 1.165) is 43.1 Å². The summed E-state index contributed by atoms with van der Waals surface area (Å²) < 4.78 is 0. The summed E-state index contributed by atoms with van der Waals surface area (Å²) in [5, 5.41) is 4.12. The minimum Gasteiger partial charge on any atom is -0.333 e. The summed E-state index contributed by atoms with van der Waals surface area (Å²) in [6.07, 6.45) is 2.77. The smallest absolute Gasteiger partial charge is 0.223 e. The predicted molar refractivity (Wildman–Crippen MR) is 94.7 cm³/mol. The van der Waals surface area contributed by atoms with Gasteiger partial charge in [0.15, 0.2) is 0 Å². The lowest BCUT2D eigenvalue weighted by Crippen LogP contribution is -2.49. The Hall–Kier alpha value is -0.770. The van der Waals surface area contributed by atoms with Crippen LogP contribution in [-0.4, -0.2) is 30.4 Å². The van der Waals surface area contributed by atoms with E-state index in [4.69, 9.17) is 11.6 Å². The van der Waals surface area contributed by atoms with Crippen LogP contribution in [0, 0.1) is 5.92 Å². The van der Waals surface area contributed by atoms with Crippen LogP contribution in [0.5, 0.6) is 0 Å². The molecule has 0 radical (unpaired) electrons. The first-order chi connectivity index (χ1) is 10.2. The zero-order valence-corrected chi connectivity index (χ0v) is 14.9. The second kappa shape index (κ2) is 9.39. The van der Waals surface area contributed by atoms with E-state index in [1.54, 1.807) is 0 Å². The van der Waals surface area contributed by atoms with E-state index < -0.39 is 0 Å². The van der Waals surface area contributed by atoms with Gasteiger partial charge in [0.25, 0.3) is 0 Å². The van der Waals surface area contributed by atoms with Crippen LogP contribution in [0.3, 0.4) is 0 Å². The second-order valence-corrected chi connectivity index (χ2v) is 6.12. The third-order valence-electron chi connectivity index (χ3n) is 4.45. The fraction of sp³-hybridized carbons (Fsp3) is 0.588. The number of hydrogen-bond acceptors (Lipinski definition) is 2. The third kappa shape index (κ3) is 4.61. The van der Waals surface area contributed by atoms with Gasteiger partial charge in [0.1, 0.15) is 0 Å². The molecule has 2 rings (SSSR count). The average molecular weight is 345 g/mol. The molecule has 0 aromatic heterocycles. The Labute approximate surface area is 144 Å². The van der Waals surface area contributed by atoms with E-state index in [0.29, 0.717) is 12.3 Å². The number of nitrogens with one attached hydrogen (secondary N) is 1. The van der Waals surface area contributed by atoms with Crippen molar-refractivity contribution >= 4 is 29.9 Å². The van der Waals surface area contributed by atoms with Gasteiger partial charge in [-0.1, -0.05) is 56.5 Å². The van der Waals surface area contributed by atoms with Crippen molar-refractivity contribution in [3.8, 4) is 0 Å². The number of carbonyl (C=O) groups is 1. The topological polar surface area (TPSA) is 32.3 Å². The highest BCUT2D eigenvalue weighted by Gasteiger charge is 2.29. The Balaban J connectivity index is 0.00000242. The Kier molecular flexibility index (Phi) is 8.23. The number of piperazine rings is 1. The molecule has 124 valence electrons. The highest BCUT2D eigenvalue weighted by atomic mass is 35.5. The maximum Gasteiger partial charge on any atom is 0.223 e. The van der Waals surface area contributed by atoms with Crippen LogP contribution >= 0.6 is 24.0 Å². The predicted octanol–water partition coefficient (Wildman–Crippen LogP) is 4.06. The van der Waals surface area contributed by atoms with Crippen molar-refractivity contribution in [1.82, 2.24) is 10.2 Å². The molecule has 0 spiro atoms. The van der Waals surface area contributed by atoms with Crippen LogP contribution in [0.4, 0.5) is 0 Å². The molecule has 1 amide bonds. The van der Waals surface area contributed by atoms with E-state index in [2.05, 4.69) is 19.2 Å². The van der Waals surface area contributed by atoms with Gasteiger partial charge in [-0.2, -0.15) is 0 Å². The van der Waals surface area contributed by atoms with Crippen molar-refractivity contribution in [2.75, 3.05) is 19.6 Å². The molecule has 22 heavy (non-hydrogen) atoms. The van der Waals surface area contributed by atoms with Gasteiger partial charge in [-0.25, -0.2) is 0 Å². The molecule has 1 unspecified atom stereocenters. The zero-order chi connectivity index (χ0) is 15.2. The molecule has 1 heterocycles. The SMILES string of the molecule is CCC(CC)CC(=O)N1CCNCC1c1ccccc1Cl.Cl. The standard InChI is InChI=1S/C17H25ClN2O.ClH/c1-3-13(4-2)11-17(21)20-10-9-19-12-16(20)14-7-5-6-8-15(14)18;/h5-8,13,16,19H,3-4,9-12H2,1-2H3;1H. The number of hydrogen-bond donors (Lipinski definition) is 1. The molecule has 1 aromatic carbocycles. The number of nitrogens with zero attached hydrogens (tertiary/aromatic N) is 1. The molecule has 1 fully saturated rings. The van der Waals surface area contributed by atoms with Crippen molar-refractivity contribution in [3.63, 3.8) is 0 Å². The number of benzene rings is 1. The van der Waals surface area contributed by atoms with E-state index in [9.17, 15) is 4.79 Å². The fourth-order valence-corrected chi connectivity index (χ4v) is 3.23. The largest absolute Gasteiger partial charge is 0.333 e. The van der Waals surface area contributed by atoms with Gasteiger partial charge in [0, 0.05) is 31.1 Å². The number of amides is 1. The molecule has 1 atom stereocenters. The molecular formula is C17H26Cl2N2O. The summed E-state index contributed by atoms with van der Waals surface area (Å²) >= 11 is 6.32. The van der Waals surface area contributed by atoms with Crippen LogP contribution in [0.1, 0.15) is 44.7 Å². The molecule has 0 aliphatic carbocycles. The summed E-state index contributed by atoms with van der Waals surface area (Å²) in [6, 6.07) is 7.89. The van der Waals surface area contributed by atoms with Gasteiger partial charge < -0.3 is 10.2 Å². The number of carbonyl (C=O) groups excluding carboxylic acids is 1. The fourth-order valence-electron chi connectivity index (χ4n) is 2.97. The first-order valence-electron chi connectivity index (χ1n) is 7.92. The Morgan fingerprint density at radius 1 is 1.36 bits per heavy atom. The Morgan fingerprint density at radius 3 is 2.68 bits per heavy atom. The minimum absolute atomic E-state index is 0. The van der Waals surface area contributed by atoms with Gasteiger partial charge in [0.05, 0.1) is 6.04 Å². The lowest BCUT2D eigenvalue weighted by Gasteiger charge is -2.37. The zero-order valence-electron chi connectivity index (χ0n) is 13.3. The van der Waals surface area contributed by atoms with E-state index in [-0.39, 0.29) is 24.4 Å². The van der Waals surface area contributed by atoms with Crippen LogP contribution in [0.15, 0.2) is 24.3 Å². The first kappa shape index (κ1) is 19.3. The van der Waals surface area contributed by atoms with Crippen LogP contribution in [-0.2, 0) is 4.79 Å². The highest BCUT2D eigenvalue weighted by Crippen LogP contribution is 2.29. The Morgan fingerprint density at radius 2 is 2.05 bits per heavy atom. The van der Waals surface area contributed by atoms with Gasteiger partial charge >= 0.3 is 0 Å². The quantitative estimate of drug-likeness (QED) is 0.873. The normalized spacial score (nSPS) is 18.2. The van der Waals surface area contributed by atoms with Gasteiger partial charge in [-0.05, 0) is 17.5 Å². The van der Waals surface area contributed by atoms with E-state index >= 15 is 0 Å². The van der Waals surface area contributed by atoms with Crippen molar-refractivity contribution in [2.24, 2.45) is 5.92 Å². The number of halogens is 2. The Bertz CT molecular complexity index is 477. The molecule has 1 saturated heterocycles. The highest BCUT2D eigenvalue weighted by molar-refractivity contribution is 6.31. The third-order valence-corrected chi connectivity index (χ3v) is 4.79. The minimum atomic E-state index is 0. The molecule has 1 aliphatic rings. The maximum absolute atomic E-state index is 12.7. The summed E-state index contributed by atoms with van der Waals surface area (Å²) in [5.41, 5.74) is 1.05. The van der Waals surface area contributed by atoms with Crippen LogP contribution < -0.4 is 5.32 Å².